The number of carbonyl (C=O) groups excluding carboxylic acids is 1. The van der Waals surface area contributed by atoms with Gasteiger partial charge in [0.05, 0.1) is 4.90 Å². The lowest BCUT2D eigenvalue weighted by Gasteiger charge is -2.37. The summed E-state index contributed by atoms with van der Waals surface area (Å²) in [5.74, 6) is -0.250. The number of aliphatic hydroxyl groups is 1. The first-order valence-corrected chi connectivity index (χ1v) is 10.3. The normalized spacial score (nSPS) is 21.8. The summed E-state index contributed by atoms with van der Waals surface area (Å²) in [6.45, 7) is 1.12. The van der Waals surface area contributed by atoms with Crippen molar-refractivity contribution < 1.29 is 18.3 Å². The van der Waals surface area contributed by atoms with Gasteiger partial charge in [-0.3, -0.25) is 4.79 Å². The Morgan fingerprint density at radius 3 is 2.33 bits per heavy atom. The van der Waals surface area contributed by atoms with E-state index in [-0.39, 0.29) is 23.9 Å². The number of amides is 1. The van der Waals surface area contributed by atoms with Crippen molar-refractivity contribution >= 4 is 31.9 Å². The van der Waals surface area contributed by atoms with Crippen LogP contribution in [0.4, 0.5) is 0 Å². The first-order chi connectivity index (χ1) is 11.3. The van der Waals surface area contributed by atoms with Crippen LogP contribution < -0.4 is 0 Å². The second-order valence-corrected chi connectivity index (χ2v) is 9.25. The van der Waals surface area contributed by atoms with Gasteiger partial charge >= 0.3 is 0 Å². The fourth-order valence-electron chi connectivity index (χ4n) is 3.38. The van der Waals surface area contributed by atoms with Crippen LogP contribution in [-0.2, 0) is 14.8 Å². The Bertz CT molecular complexity index is 723. The van der Waals surface area contributed by atoms with E-state index in [4.69, 9.17) is 0 Å². The molecule has 1 N–H and O–H groups in total. The van der Waals surface area contributed by atoms with E-state index < -0.39 is 15.6 Å². The summed E-state index contributed by atoms with van der Waals surface area (Å²) in [5, 5.41) is 10.4. The standard InChI is InChI=1S/C16H21BrN2O4S/c17-13-4-3-5-14(12-13)24(22,23)19-10-8-18(9-11-19)15(20)16(21)6-1-2-7-16/h3-5,12,21H,1-2,6-11H2. The van der Waals surface area contributed by atoms with E-state index in [9.17, 15) is 18.3 Å². The third-order valence-corrected chi connectivity index (χ3v) is 7.18. The van der Waals surface area contributed by atoms with Crippen molar-refractivity contribution in [2.45, 2.75) is 36.2 Å². The van der Waals surface area contributed by atoms with E-state index in [1.807, 2.05) is 0 Å². The number of nitrogens with zero attached hydrogens (tertiary/aromatic N) is 2. The average Bonchev–Trinajstić information content (AvgIpc) is 3.02. The summed E-state index contributed by atoms with van der Waals surface area (Å²) in [6.07, 6.45) is 2.73. The Morgan fingerprint density at radius 1 is 1.12 bits per heavy atom. The van der Waals surface area contributed by atoms with Crippen LogP contribution in [0.3, 0.4) is 0 Å². The summed E-state index contributed by atoms with van der Waals surface area (Å²) in [4.78, 5) is 14.3. The van der Waals surface area contributed by atoms with Crippen LogP contribution in [0.2, 0.25) is 0 Å². The van der Waals surface area contributed by atoms with Crippen LogP contribution in [0.1, 0.15) is 25.7 Å². The number of sulfonamides is 1. The zero-order valence-electron chi connectivity index (χ0n) is 13.3. The SMILES string of the molecule is O=C(N1CCN(S(=O)(=O)c2cccc(Br)c2)CC1)C1(O)CCCC1. The number of piperazine rings is 1. The zero-order valence-corrected chi connectivity index (χ0v) is 15.7. The summed E-state index contributed by atoms with van der Waals surface area (Å²) in [6, 6.07) is 6.61. The molecule has 2 aliphatic rings. The van der Waals surface area contributed by atoms with Gasteiger partial charge in [-0.05, 0) is 43.9 Å². The molecule has 2 fully saturated rings. The van der Waals surface area contributed by atoms with E-state index in [1.165, 1.54) is 4.31 Å². The highest BCUT2D eigenvalue weighted by Crippen LogP contribution is 2.31. The first kappa shape index (κ1) is 17.8. The summed E-state index contributed by atoms with van der Waals surface area (Å²) in [7, 11) is -3.57. The van der Waals surface area contributed by atoms with E-state index >= 15 is 0 Å². The molecule has 0 atom stereocenters. The molecule has 0 radical (unpaired) electrons. The lowest BCUT2D eigenvalue weighted by molar-refractivity contribution is -0.151. The van der Waals surface area contributed by atoms with Crippen molar-refractivity contribution in [3.63, 3.8) is 0 Å². The number of benzene rings is 1. The molecular formula is C16H21BrN2O4S. The van der Waals surface area contributed by atoms with Crippen molar-refractivity contribution in [3.05, 3.63) is 28.7 Å². The molecule has 8 heteroatoms. The molecule has 1 aromatic carbocycles. The minimum absolute atomic E-state index is 0.242. The topological polar surface area (TPSA) is 77.9 Å². The van der Waals surface area contributed by atoms with E-state index in [0.29, 0.717) is 30.4 Å². The molecule has 0 bridgehead atoms. The van der Waals surface area contributed by atoms with Crippen LogP contribution in [0.5, 0.6) is 0 Å². The minimum Gasteiger partial charge on any atom is -0.380 e. The largest absolute Gasteiger partial charge is 0.380 e. The molecule has 1 aliphatic carbocycles. The number of hydrogen-bond acceptors (Lipinski definition) is 4. The van der Waals surface area contributed by atoms with Crippen LogP contribution >= 0.6 is 15.9 Å². The molecule has 6 nitrogen and oxygen atoms in total. The van der Waals surface area contributed by atoms with Gasteiger partial charge in [0.1, 0.15) is 5.60 Å². The zero-order chi connectivity index (χ0) is 17.4. The molecule has 0 spiro atoms. The monoisotopic (exact) mass is 416 g/mol. The fraction of sp³-hybridized carbons (Fsp3) is 0.562. The average molecular weight is 417 g/mol. The van der Waals surface area contributed by atoms with E-state index in [1.54, 1.807) is 29.2 Å². The summed E-state index contributed by atoms with van der Waals surface area (Å²) in [5.41, 5.74) is -1.24. The Balaban J connectivity index is 1.67. The highest BCUT2D eigenvalue weighted by Gasteiger charge is 2.43. The van der Waals surface area contributed by atoms with Gasteiger partial charge in [0.15, 0.2) is 0 Å². The Kier molecular flexibility index (Phi) is 5.01. The molecule has 1 saturated heterocycles. The van der Waals surface area contributed by atoms with Gasteiger partial charge in [0.2, 0.25) is 10.0 Å². The number of rotatable bonds is 3. The number of carbonyl (C=O) groups is 1. The maximum atomic E-state index is 12.7. The summed E-state index contributed by atoms with van der Waals surface area (Å²) >= 11 is 3.29. The maximum absolute atomic E-state index is 12.7. The van der Waals surface area contributed by atoms with E-state index in [0.717, 1.165) is 12.8 Å². The molecule has 0 aromatic heterocycles. The second-order valence-electron chi connectivity index (χ2n) is 6.39. The molecule has 24 heavy (non-hydrogen) atoms. The van der Waals surface area contributed by atoms with Crippen LogP contribution in [0, 0.1) is 0 Å². The van der Waals surface area contributed by atoms with Gasteiger partial charge in [-0.15, -0.1) is 0 Å². The van der Waals surface area contributed by atoms with Crippen molar-refractivity contribution in [2.24, 2.45) is 0 Å². The maximum Gasteiger partial charge on any atom is 0.254 e. The highest BCUT2D eigenvalue weighted by atomic mass is 79.9. The highest BCUT2D eigenvalue weighted by molar-refractivity contribution is 9.10. The number of halogens is 1. The predicted molar refractivity (Wildman–Crippen MR) is 92.9 cm³/mol. The molecule has 0 unspecified atom stereocenters. The first-order valence-electron chi connectivity index (χ1n) is 8.10. The van der Waals surface area contributed by atoms with Crippen molar-refractivity contribution in [1.29, 1.82) is 0 Å². The van der Waals surface area contributed by atoms with Crippen LogP contribution in [-0.4, -0.2) is 60.4 Å². The minimum atomic E-state index is -3.57. The number of hydrogen-bond donors (Lipinski definition) is 1. The lowest BCUT2D eigenvalue weighted by Crippen LogP contribution is -2.55. The third-order valence-electron chi connectivity index (χ3n) is 4.79. The van der Waals surface area contributed by atoms with E-state index in [2.05, 4.69) is 15.9 Å². The van der Waals surface area contributed by atoms with Gasteiger partial charge in [-0.1, -0.05) is 22.0 Å². The molecule has 1 saturated carbocycles. The Labute approximate surface area is 150 Å². The smallest absolute Gasteiger partial charge is 0.254 e. The van der Waals surface area contributed by atoms with Crippen LogP contribution in [0.25, 0.3) is 0 Å². The van der Waals surface area contributed by atoms with Crippen molar-refractivity contribution in [2.75, 3.05) is 26.2 Å². The van der Waals surface area contributed by atoms with Gasteiger partial charge < -0.3 is 10.0 Å². The quantitative estimate of drug-likeness (QED) is 0.811. The summed E-state index contributed by atoms with van der Waals surface area (Å²) < 4.78 is 27.5. The Hall–Kier alpha value is -0.960. The van der Waals surface area contributed by atoms with Crippen molar-refractivity contribution in [1.82, 2.24) is 9.21 Å². The Morgan fingerprint density at radius 2 is 1.75 bits per heavy atom. The van der Waals surface area contributed by atoms with Gasteiger partial charge in [0, 0.05) is 30.7 Å². The molecule has 1 aliphatic heterocycles. The predicted octanol–water partition coefficient (Wildman–Crippen LogP) is 1.59. The molecule has 1 heterocycles. The van der Waals surface area contributed by atoms with Crippen LogP contribution in [0.15, 0.2) is 33.6 Å². The van der Waals surface area contributed by atoms with Gasteiger partial charge in [0.25, 0.3) is 5.91 Å². The second kappa shape index (κ2) is 6.74. The molecule has 132 valence electrons. The molecule has 1 amide bonds. The molecule has 1 aromatic rings. The molecular weight excluding hydrogens is 396 g/mol. The fourth-order valence-corrected chi connectivity index (χ4v) is 5.40. The van der Waals surface area contributed by atoms with Gasteiger partial charge in [-0.25, -0.2) is 8.42 Å². The lowest BCUT2D eigenvalue weighted by atomic mass is 10.0. The van der Waals surface area contributed by atoms with Crippen molar-refractivity contribution in [3.8, 4) is 0 Å². The molecule has 3 rings (SSSR count). The van der Waals surface area contributed by atoms with Gasteiger partial charge in [-0.2, -0.15) is 4.31 Å². The third kappa shape index (κ3) is 3.37.